The molecule has 1 N–H and O–H groups in total. The van der Waals surface area contributed by atoms with Crippen LogP contribution in [0.5, 0.6) is 0 Å². The largest absolute Gasteiger partial charge is 0.337 e. The van der Waals surface area contributed by atoms with Gasteiger partial charge in [0.15, 0.2) is 0 Å². The van der Waals surface area contributed by atoms with Crippen molar-refractivity contribution in [3.63, 3.8) is 0 Å². The summed E-state index contributed by atoms with van der Waals surface area (Å²) in [5.74, 6) is 2.64. The summed E-state index contributed by atoms with van der Waals surface area (Å²) in [6, 6.07) is 10.4. The Morgan fingerprint density at radius 1 is 0.795 bits per heavy atom. The van der Waals surface area contributed by atoms with E-state index in [9.17, 15) is 0 Å². The van der Waals surface area contributed by atoms with E-state index in [1.165, 1.54) is 18.4 Å². The predicted octanol–water partition coefficient (Wildman–Crippen LogP) is 2.86. The van der Waals surface area contributed by atoms with E-state index in [0.29, 0.717) is 17.8 Å². The minimum absolute atomic E-state index is 0.526. The maximum Gasteiger partial charge on any atom is 0.232 e. The van der Waals surface area contributed by atoms with Gasteiger partial charge in [0.25, 0.3) is 0 Å². The number of likely N-dealkylation sites (tertiary alicyclic amines) is 1. The molecular weight excluding hydrogens is 490 g/mol. The molecule has 3 aromatic heterocycles. The Hall–Kier alpha value is -4.12. The summed E-state index contributed by atoms with van der Waals surface area (Å²) >= 11 is 0. The molecule has 0 saturated carbocycles. The highest BCUT2D eigenvalue weighted by molar-refractivity contribution is 5.51. The van der Waals surface area contributed by atoms with Crippen LogP contribution in [0.4, 0.5) is 23.5 Å². The first kappa shape index (κ1) is 25.2. The molecule has 4 aromatic rings. The van der Waals surface area contributed by atoms with Gasteiger partial charge in [-0.25, -0.2) is 19.9 Å². The highest BCUT2D eigenvalue weighted by Crippen LogP contribution is 2.20. The summed E-state index contributed by atoms with van der Waals surface area (Å²) in [6.07, 6.45) is 12.6. The number of hydrogen-bond acceptors (Lipinski definition) is 10. The van der Waals surface area contributed by atoms with Crippen LogP contribution in [0.25, 0.3) is 0 Å². The minimum atomic E-state index is 0.526. The highest BCUT2D eigenvalue weighted by atomic mass is 15.4. The van der Waals surface area contributed by atoms with Gasteiger partial charge in [0.2, 0.25) is 17.8 Å². The summed E-state index contributed by atoms with van der Waals surface area (Å²) in [4.78, 5) is 29.5. The van der Waals surface area contributed by atoms with Crippen LogP contribution in [0, 0.1) is 5.92 Å². The van der Waals surface area contributed by atoms with Gasteiger partial charge in [0, 0.05) is 57.7 Å². The summed E-state index contributed by atoms with van der Waals surface area (Å²) in [5.41, 5.74) is 3.26. The topological polar surface area (TPSA) is 104 Å². The van der Waals surface area contributed by atoms with Crippen molar-refractivity contribution in [2.24, 2.45) is 5.92 Å². The maximum atomic E-state index is 4.67. The second-order valence-corrected chi connectivity index (χ2v) is 10.5. The van der Waals surface area contributed by atoms with E-state index in [1.54, 1.807) is 6.33 Å². The van der Waals surface area contributed by atoms with Crippen molar-refractivity contribution < 1.29 is 0 Å². The maximum absolute atomic E-state index is 4.67. The number of piperazine rings is 1. The number of benzene rings is 1. The number of piperidine rings is 1. The predicted molar refractivity (Wildman–Crippen MR) is 151 cm³/mol. The first-order chi connectivity index (χ1) is 19.2. The molecule has 39 heavy (non-hydrogen) atoms. The lowest BCUT2D eigenvalue weighted by molar-refractivity contribution is 0.201. The van der Waals surface area contributed by atoms with Crippen molar-refractivity contribution in [3.05, 3.63) is 72.6 Å². The quantitative estimate of drug-likeness (QED) is 0.369. The number of nitrogens with zero attached hydrogens (tertiary/aromatic N) is 10. The highest BCUT2D eigenvalue weighted by Gasteiger charge is 2.22. The molecule has 11 heteroatoms. The SMILES string of the molecule is CN1CCC(Cn2cc(Nc3ncnc(N4CCN(c5ncc(Cc6ccccc6)cn5)CC4)n3)cn2)CC1. The summed E-state index contributed by atoms with van der Waals surface area (Å²) in [6.45, 7) is 6.44. The normalized spacial score (nSPS) is 16.9. The Kier molecular flexibility index (Phi) is 7.57. The Morgan fingerprint density at radius 3 is 2.26 bits per heavy atom. The molecule has 5 heterocycles. The third-order valence-corrected chi connectivity index (χ3v) is 7.52. The third-order valence-electron chi connectivity index (χ3n) is 7.52. The second-order valence-electron chi connectivity index (χ2n) is 10.5. The molecule has 0 atom stereocenters. The average molecular weight is 526 g/mol. The molecule has 0 radical (unpaired) electrons. The van der Waals surface area contributed by atoms with Gasteiger partial charge in [-0.05, 0) is 50.0 Å². The molecule has 0 spiro atoms. The molecule has 0 unspecified atom stereocenters. The lowest BCUT2D eigenvalue weighted by Crippen LogP contribution is -2.47. The van der Waals surface area contributed by atoms with Gasteiger partial charge in [-0.1, -0.05) is 30.3 Å². The van der Waals surface area contributed by atoms with Crippen LogP contribution >= 0.6 is 0 Å². The van der Waals surface area contributed by atoms with Gasteiger partial charge >= 0.3 is 0 Å². The minimum Gasteiger partial charge on any atom is -0.337 e. The van der Waals surface area contributed by atoms with E-state index in [0.717, 1.165) is 69.4 Å². The Bertz CT molecular complexity index is 1330. The van der Waals surface area contributed by atoms with Crippen LogP contribution in [0.2, 0.25) is 0 Å². The molecule has 0 amide bonds. The molecule has 2 saturated heterocycles. The molecular formula is C28H35N11. The van der Waals surface area contributed by atoms with Crippen molar-refractivity contribution in [2.75, 3.05) is 61.4 Å². The molecule has 0 aliphatic carbocycles. The monoisotopic (exact) mass is 525 g/mol. The molecule has 2 aliphatic rings. The van der Waals surface area contributed by atoms with Gasteiger partial charge in [-0.2, -0.15) is 10.1 Å². The van der Waals surface area contributed by atoms with Crippen LogP contribution in [0.3, 0.4) is 0 Å². The zero-order chi connectivity index (χ0) is 26.4. The smallest absolute Gasteiger partial charge is 0.232 e. The van der Waals surface area contributed by atoms with Crippen LogP contribution in [0.1, 0.15) is 24.0 Å². The Balaban J connectivity index is 1.01. The molecule has 0 bridgehead atoms. The Morgan fingerprint density at radius 2 is 1.51 bits per heavy atom. The molecule has 202 valence electrons. The number of rotatable bonds is 8. The molecule has 11 nitrogen and oxygen atoms in total. The van der Waals surface area contributed by atoms with Crippen LogP contribution in [0.15, 0.2) is 61.4 Å². The zero-order valence-corrected chi connectivity index (χ0v) is 22.4. The van der Waals surface area contributed by atoms with E-state index >= 15 is 0 Å². The standard InChI is InChI=1S/C28H35N11/c1-36-9-7-23(8-10-36)19-39-20-25(18-33-39)34-26-31-21-32-28(35-26)38-13-11-37(12-14-38)27-29-16-24(17-30-27)15-22-5-3-2-4-6-22/h2-6,16-18,20-21,23H,7-15,19H2,1H3,(H,31,32,34,35). The summed E-state index contributed by atoms with van der Waals surface area (Å²) in [5, 5.41) is 7.84. The van der Waals surface area contributed by atoms with Crippen molar-refractivity contribution in [1.82, 2.24) is 39.6 Å². The van der Waals surface area contributed by atoms with E-state index in [-0.39, 0.29) is 0 Å². The van der Waals surface area contributed by atoms with Crippen LogP contribution in [-0.4, -0.2) is 85.9 Å². The second kappa shape index (κ2) is 11.7. The molecule has 1 aromatic carbocycles. The summed E-state index contributed by atoms with van der Waals surface area (Å²) in [7, 11) is 2.19. The number of hydrogen-bond donors (Lipinski definition) is 1. The number of aromatic nitrogens is 7. The first-order valence-electron chi connectivity index (χ1n) is 13.7. The lowest BCUT2D eigenvalue weighted by Gasteiger charge is -2.34. The van der Waals surface area contributed by atoms with Crippen molar-refractivity contribution in [2.45, 2.75) is 25.8 Å². The first-order valence-corrected chi connectivity index (χ1v) is 13.7. The zero-order valence-electron chi connectivity index (χ0n) is 22.4. The third kappa shape index (κ3) is 6.48. The fraction of sp³-hybridized carbons (Fsp3) is 0.429. The molecule has 2 aliphatic heterocycles. The van der Waals surface area contributed by atoms with E-state index in [2.05, 4.69) is 81.3 Å². The van der Waals surface area contributed by atoms with Crippen LogP contribution in [-0.2, 0) is 13.0 Å². The fourth-order valence-corrected chi connectivity index (χ4v) is 5.21. The van der Waals surface area contributed by atoms with Crippen molar-refractivity contribution in [3.8, 4) is 0 Å². The number of nitrogens with one attached hydrogen (secondary N) is 1. The van der Waals surface area contributed by atoms with E-state index in [1.807, 2.05) is 35.5 Å². The Labute approximate surface area is 229 Å². The van der Waals surface area contributed by atoms with E-state index < -0.39 is 0 Å². The van der Waals surface area contributed by atoms with Gasteiger partial charge in [0.1, 0.15) is 6.33 Å². The molecule has 2 fully saturated rings. The van der Waals surface area contributed by atoms with Gasteiger partial charge in [-0.15, -0.1) is 0 Å². The van der Waals surface area contributed by atoms with Crippen molar-refractivity contribution >= 4 is 23.5 Å². The van der Waals surface area contributed by atoms with Gasteiger partial charge < -0.3 is 20.0 Å². The van der Waals surface area contributed by atoms with Gasteiger partial charge in [-0.3, -0.25) is 4.68 Å². The average Bonchev–Trinajstić information content (AvgIpc) is 3.42. The van der Waals surface area contributed by atoms with E-state index in [4.69, 9.17) is 0 Å². The van der Waals surface area contributed by atoms with Crippen molar-refractivity contribution in [1.29, 1.82) is 0 Å². The van der Waals surface area contributed by atoms with Crippen LogP contribution < -0.4 is 15.1 Å². The molecule has 6 rings (SSSR count). The lowest BCUT2D eigenvalue weighted by atomic mass is 9.97. The fourth-order valence-electron chi connectivity index (χ4n) is 5.21. The van der Waals surface area contributed by atoms with Gasteiger partial charge in [0.05, 0.1) is 11.9 Å². The number of anilines is 4. The summed E-state index contributed by atoms with van der Waals surface area (Å²) < 4.78 is 2.02.